The van der Waals surface area contributed by atoms with Crippen molar-refractivity contribution >= 4 is 5.91 Å². The number of hydrogen-bond acceptors (Lipinski definition) is 6. The Morgan fingerprint density at radius 3 is 2.73 bits per heavy atom. The monoisotopic (exact) mass is 362 g/mol. The molecule has 4 rings (SSSR count). The molecule has 7 heteroatoms. The van der Waals surface area contributed by atoms with Gasteiger partial charge in [0.05, 0.1) is 6.54 Å². The lowest BCUT2D eigenvalue weighted by Crippen LogP contribution is -2.53. The second-order valence-corrected chi connectivity index (χ2v) is 8.27. The van der Waals surface area contributed by atoms with Crippen LogP contribution in [0.1, 0.15) is 63.1 Å². The summed E-state index contributed by atoms with van der Waals surface area (Å²) in [6.07, 6.45) is 9.08. The van der Waals surface area contributed by atoms with Crippen molar-refractivity contribution < 1.29 is 14.1 Å². The van der Waals surface area contributed by atoms with Gasteiger partial charge in [0.25, 0.3) is 0 Å². The standard InChI is InChI=1S/C19H30N4O3/c1-25-13-16-20-17(26-21-16)12-22-10-8-19(9-11-22)7-6-18(24)23(14-19)15-4-2-3-5-15/h15H,2-14H2,1H3. The summed E-state index contributed by atoms with van der Waals surface area (Å²) in [5.41, 5.74) is 0.322. The van der Waals surface area contributed by atoms with Crippen LogP contribution in [0.2, 0.25) is 0 Å². The molecule has 1 spiro atoms. The number of aromatic nitrogens is 2. The number of rotatable bonds is 5. The third kappa shape index (κ3) is 3.78. The Labute approximate surface area is 155 Å². The first-order valence-corrected chi connectivity index (χ1v) is 10.00. The van der Waals surface area contributed by atoms with Gasteiger partial charge in [-0.1, -0.05) is 18.0 Å². The van der Waals surface area contributed by atoms with Crippen LogP contribution in [-0.2, 0) is 22.7 Å². The van der Waals surface area contributed by atoms with Gasteiger partial charge in [0.1, 0.15) is 6.61 Å². The summed E-state index contributed by atoms with van der Waals surface area (Å²) in [5, 5.41) is 3.94. The second kappa shape index (κ2) is 7.64. The normalized spacial score (nSPS) is 24.7. The molecule has 3 heterocycles. The molecule has 0 N–H and O–H groups in total. The minimum Gasteiger partial charge on any atom is -0.377 e. The van der Waals surface area contributed by atoms with Gasteiger partial charge in [-0.25, -0.2) is 0 Å². The Bertz CT molecular complexity index is 618. The maximum absolute atomic E-state index is 12.4. The summed E-state index contributed by atoms with van der Waals surface area (Å²) in [6, 6.07) is 0.510. The molecule has 3 aliphatic rings. The van der Waals surface area contributed by atoms with Crippen molar-refractivity contribution in [2.45, 2.75) is 70.6 Å². The highest BCUT2D eigenvalue weighted by Gasteiger charge is 2.43. The fourth-order valence-electron chi connectivity index (χ4n) is 4.92. The van der Waals surface area contributed by atoms with Crippen LogP contribution in [-0.4, -0.2) is 58.6 Å². The van der Waals surface area contributed by atoms with Crippen LogP contribution in [0, 0.1) is 5.41 Å². The molecule has 1 aromatic heterocycles. The summed E-state index contributed by atoms with van der Waals surface area (Å²) < 4.78 is 10.4. The Balaban J connectivity index is 1.32. The molecule has 1 saturated carbocycles. The largest absolute Gasteiger partial charge is 0.377 e. The van der Waals surface area contributed by atoms with E-state index in [0.717, 1.165) is 45.3 Å². The molecule has 3 fully saturated rings. The molecular weight excluding hydrogens is 332 g/mol. The van der Waals surface area contributed by atoms with E-state index < -0.39 is 0 Å². The van der Waals surface area contributed by atoms with E-state index in [9.17, 15) is 4.79 Å². The Morgan fingerprint density at radius 2 is 2.00 bits per heavy atom. The summed E-state index contributed by atoms with van der Waals surface area (Å²) in [5.74, 6) is 1.66. The number of carbonyl (C=O) groups is 1. The van der Waals surface area contributed by atoms with E-state index in [4.69, 9.17) is 9.26 Å². The SMILES string of the molecule is COCc1noc(CN2CCC3(CCC(=O)N(C4CCCC4)C3)CC2)n1. The van der Waals surface area contributed by atoms with Crippen molar-refractivity contribution in [3.8, 4) is 0 Å². The minimum absolute atomic E-state index is 0.322. The van der Waals surface area contributed by atoms with E-state index in [1.807, 2.05) is 0 Å². The molecule has 0 aromatic carbocycles. The Kier molecular flexibility index (Phi) is 5.27. The number of nitrogens with zero attached hydrogens (tertiary/aromatic N) is 4. The number of likely N-dealkylation sites (tertiary alicyclic amines) is 2. The second-order valence-electron chi connectivity index (χ2n) is 8.27. The average Bonchev–Trinajstić information content (AvgIpc) is 3.32. The molecule has 26 heavy (non-hydrogen) atoms. The lowest BCUT2D eigenvalue weighted by atomic mass is 9.72. The van der Waals surface area contributed by atoms with Gasteiger partial charge in [0.2, 0.25) is 11.8 Å². The summed E-state index contributed by atoms with van der Waals surface area (Å²) in [7, 11) is 1.63. The van der Waals surface area contributed by atoms with Crippen molar-refractivity contribution in [3.05, 3.63) is 11.7 Å². The van der Waals surface area contributed by atoms with Crippen LogP contribution >= 0.6 is 0 Å². The van der Waals surface area contributed by atoms with Crippen molar-refractivity contribution in [1.82, 2.24) is 19.9 Å². The highest BCUT2D eigenvalue weighted by Crippen LogP contribution is 2.42. The van der Waals surface area contributed by atoms with Crippen LogP contribution in [0.15, 0.2) is 4.52 Å². The van der Waals surface area contributed by atoms with E-state index in [1.54, 1.807) is 7.11 Å². The van der Waals surface area contributed by atoms with Gasteiger partial charge in [-0.15, -0.1) is 0 Å². The molecule has 144 valence electrons. The van der Waals surface area contributed by atoms with Crippen molar-refractivity contribution in [1.29, 1.82) is 0 Å². The molecule has 2 aliphatic heterocycles. The maximum Gasteiger partial charge on any atom is 0.240 e. The summed E-state index contributed by atoms with van der Waals surface area (Å²) >= 11 is 0. The van der Waals surface area contributed by atoms with Gasteiger partial charge in [0.15, 0.2) is 5.82 Å². The Hall–Kier alpha value is -1.47. The number of amides is 1. The molecule has 1 amide bonds. The molecule has 1 aliphatic carbocycles. The zero-order chi connectivity index (χ0) is 18.0. The summed E-state index contributed by atoms with van der Waals surface area (Å²) in [4.78, 5) is 21.5. The quantitative estimate of drug-likeness (QED) is 0.801. The first-order valence-electron chi connectivity index (χ1n) is 10.00. The zero-order valence-corrected chi connectivity index (χ0v) is 15.8. The highest BCUT2D eigenvalue weighted by atomic mass is 16.5. The Morgan fingerprint density at radius 1 is 1.23 bits per heavy atom. The smallest absolute Gasteiger partial charge is 0.240 e. The van der Waals surface area contributed by atoms with Crippen molar-refractivity contribution in [2.24, 2.45) is 5.41 Å². The van der Waals surface area contributed by atoms with Crippen LogP contribution in [0.3, 0.4) is 0 Å². The van der Waals surface area contributed by atoms with E-state index in [-0.39, 0.29) is 0 Å². The van der Waals surface area contributed by atoms with Crippen molar-refractivity contribution in [3.63, 3.8) is 0 Å². The molecular formula is C19H30N4O3. The lowest BCUT2D eigenvalue weighted by Gasteiger charge is -2.48. The van der Waals surface area contributed by atoms with Crippen LogP contribution in [0.25, 0.3) is 0 Å². The van der Waals surface area contributed by atoms with Gasteiger partial charge < -0.3 is 14.2 Å². The lowest BCUT2D eigenvalue weighted by molar-refractivity contribution is -0.142. The molecule has 2 saturated heterocycles. The minimum atomic E-state index is 0.322. The van der Waals surface area contributed by atoms with E-state index in [2.05, 4.69) is 19.9 Å². The molecule has 1 aromatic rings. The highest BCUT2D eigenvalue weighted by molar-refractivity contribution is 5.77. The predicted octanol–water partition coefficient (Wildman–Crippen LogP) is 2.36. The van der Waals surface area contributed by atoms with Crippen LogP contribution in [0.4, 0.5) is 0 Å². The van der Waals surface area contributed by atoms with Gasteiger partial charge in [-0.2, -0.15) is 4.98 Å². The zero-order valence-electron chi connectivity index (χ0n) is 15.8. The number of hydrogen-bond donors (Lipinski definition) is 0. The van der Waals surface area contributed by atoms with Gasteiger partial charge in [0, 0.05) is 26.1 Å². The third-order valence-electron chi connectivity index (χ3n) is 6.52. The molecule has 0 unspecified atom stereocenters. The van der Waals surface area contributed by atoms with Crippen LogP contribution in [0.5, 0.6) is 0 Å². The summed E-state index contributed by atoms with van der Waals surface area (Å²) in [6.45, 7) is 4.14. The average molecular weight is 362 g/mol. The number of carbonyl (C=O) groups excluding carboxylic acids is 1. The topological polar surface area (TPSA) is 71.7 Å². The molecule has 0 radical (unpaired) electrons. The molecule has 7 nitrogen and oxygen atoms in total. The maximum atomic E-state index is 12.4. The fraction of sp³-hybridized carbons (Fsp3) is 0.842. The van der Waals surface area contributed by atoms with E-state index >= 15 is 0 Å². The molecule has 0 bridgehead atoms. The predicted molar refractivity (Wildman–Crippen MR) is 95.2 cm³/mol. The van der Waals surface area contributed by atoms with Crippen molar-refractivity contribution in [2.75, 3.05) is 26.7 Å². The number of methoxy groups -OCH3 is 1. The van der Waals surface area contributed by atoms with Gasteiger partial charge in [-0.05, 0) is 50.6 Å². The number of ether oxygens (including phenoxy) is 1. The fourth-order valence-corrected chi connectivity index (χ4v) is 4.92. The molecule has 0 atom stereocenters. The van der Waals surface area contributed by atoms with Gasteiger partial charge >= 0.3 is 0 Å². The first-order chi connectivity index (χ1) is 12.7. The van der Waals surface area contributed by atoms with E-state index in [1.165, 1.54) is 25.7 Å². The number of piperidine rings is 2. The first kappa shape index (κ1) is 17.9. The van der Waals surface area contributed by atoms with Crippen LogP contribution < -0.4 is 0 Å². The van der Waals surface area contributed by atoms with E-state index in [0.29, 0.717) is 42.2 Å². The third-order valence-corrected chi connectivity index (χ3v) is 6.52. The van der Waals surface area contributed by atoms with Gasteiger partial charge in [-0.3, -0.25) is 9.69 Å².